The number of nitrogens with one attached hydrogen (secondary N) is 1. The Bertz CT molecular complexity index is 1420. The molecule has 0 saturated carbocycles. The molecule has 0 aliphatic heterocycles. The minimum atomic E-state index is 0.399. The van der Waals surface area contributed by atoms with Gasteiger partial charge in [-0.3, -0.25) is 5.10 Å². The number of halogens is 1. The molecule has 0 spiro atoms. The summed E-state index contributed by atoms with van der Waals surface area (Å²) in [6.07, 6.45) is 1.87. The van der Waals surface area contributed by atoms with Crippen LogP contribution in [0.1, 0.15) is 11.1 Å². The van der Waals surface area contributed by atoms with Gasteiger partial charge in [0.25, 0.3) is 0 Å². The van der Waals surface area contributed by atoms with Crippen LogP contribution in [-0.2, 0) is 13.2 Å². The van der Waals surface area contributed by atoms with E-state index in [4.69, 9.17) is 25.8 Å². The number of hydrogen-bond donors (Lipinski definition) is 1. The fourth-order valence-electron chi connectivity index (χ4n) is 3.91. The van der Waals surface area contributed by atoms with Crippen molar-refractivity contribution in [1.82, 2.24) is 10.2 Å². The van der Waals surface area contributed by atoms with Crippen LogP contribution in [0.15, 0.2) is 103 Å². The van der Waals surface area contributed by atoms with Crippen molar-refractivity contribution in [1.29, 1.82) is 0 Å². The molecule has 1 heterocycles. The first-order chi connectivity index (χ1) is 17.7. The molecule has 0 aliphatic rings. The van der Waals surface area contributed by atoms with Crippen molar-refractivity contribution < 1.29 is 14.2 Å². The number of H-pyrrole nitrogens is 1. The average molecular weight is 497 g/mol. The molecule has 5 aromatic rings. The van der Waals surface area contributed by atoms with E-state index in [-0.39, 0.29) is 0 Å². The summed E-state index contributed by atoms with van der Waals surface area (Å²) in [6.45, 7) is 0.799. The molecule has 0 unspecified atom stereocenters. The molecule has 5 rings (SSSR count). The molecular formula is C30H25ClN2O3. The lowest BCUT2D eigenvalue weighted by molar-refractivity contribution is 0.291. The Morgan fingerprint density at radius 3 is 1.94 bits per heavy atom. The van der Waals surface area contributed by atoms with E-state index in [0.717, 1.165) is 39.3 Å². The molecule has 4 aromatic carbocycles. The van der Waals surface area contributed by atoms with Gasteiger partial charge in [-0.15, -0.1) is 0 Å². The van der Waals surface area contributed by atoms with E-state index in [1.54, 1.807) is 7.11 Å². The maximum Gasteiger partial charge on any atom is 0.142 e. The lowest BCUT2D eigenvalue weighted by Crippen LogP contribution is -2.00. The van der Waals surface area contributed by atoms with E-state index in [0.29, 0.717) is 29.7 Å². The molecule has 0 fully saturated rings. The fourth-order valence-corrected chi connectivity index (χ4v) is 4.12. The summed E-state index contributed by atoms with van der Waals surface area (Å²) in [5.41, 5.74) is 5.54. The van der Waals surface area contributed by atoms with Crippen LogP contribution in [0, 0.1) is 0 Å². The fraction of sp³-hybridized carbons (Fsp3) is 0.100. The van der Waals surface area contributed by atoms with Crippen LogP contribution in [0.25, 0.3) is 22.4 Å². The summed E-state index contributed by atoms with van der Waals surface area (Å²) in [5.74, 6) is 1.97. The van der Waals surface area contributed by atoms with Gasteiger partial charge in [-0.05, 0) is 34.9 Å². The molecule has 0 aliphatic carbocycles. The first-order valence-corrected chi connectivity index (χ1v) is 11.9. The first-order valence-electron chi connectivity index (χ1n) is 11.6. The molecule has 36 heavy (non-hydrogen) atoms. The van der Waals surface area contributed by atoms with Crippen LogP contribution in [0.3, 0.4) is 0 Å². The molecule has 0 bridgehead atoms. The zero-order chi connectivity index (χ0) is 24.7. The van der Waals surface area contributed by atoms with E-state index in [1.165, 1.54) is 0 Å². The van der Waals surface area contributed by atoms with E-state index in [9.17, 15) is 0 Å². The van der Waals surface area contributed by atoms with Crippen molar-refractivity contribution in [3.05, 3.63) is 119 Å². The summed E-state index contributed by atoms with van der Waals surface area (Å²) in [6, 6.07) is 31.5. The third-order valence-corrected chi connectivity index (χ3v) is 6.10. The van der Waals surface area contributed by atoms with E-state index in [2.05, 4.69) is 10.2 Å². The lowest BCUT2D eigenvalue weighted by atomic mass is 10.0. The Labute approximate surface area is 215 Å². The predicted molar refractivity (Wildman–Crippen MR) is 143 cm³/mol. The highest BCUT2D eigenvalue weighted by molar-refractivity contribution is 6.32. The Balaban J connectivity index is 1.51. The average Bonchev–Trinajstić information content (AvgIpc) is 3.42. The van der Waals surface area contributed by atoms with Crippen LogP contribution < -0.4 is 14.2 Å². The molecule has 1 N–H and O–H groups in total. The smallest absolute Gasteiger partial charge is 0.142 e. The van der Waals surface area contributed by atoms with Crippen LogP contribution in [-0.4, -0.2) is 17.3 Å². The lowest BCUT2D eigenvalue weighted by Gasteiger charge is -2.16. The number of aromatic nitrogens is 2. The van der Waals surface area contributed by atoms with Gasteiger partial charge >= 0.3 is 0 Å². The monoisotopic (exact) mass is 496 g/mol. The number of methoxy groups -OCH3 is 1. The number of aromatic amines is 1. The summed E-state index contributed by atoms with van der Waals surface area (Å²) in [4.78, 5) is 0. The second-order valence-corrected chi connectivity index (χ2v) is 8.61. The Morgan fingerprint density at radius 2 is 1.33 bits per heavy atom. The Kier molecular flexibility index (Phi) is 7.20. The second kappa shape index (κ2) is 11.0. The normalized spacial score (nSPS) is 10.7. The predicted octanol–water partition coefficient (Wildman–Crippen LogP) is 7.56. The van der Waals surface area contributed by atoms with Gasteiger partial charge in [-0.2, -0.15) is 5.10 Å². The van der Waals surface area contributed by atoms with Gasteiger partial charge in [0.15, 0.2) is 0 Å². The maximum atomic E-state index is 6.70. The van der Waals surface area contributed by atoms with Gasteiger partial charge in [-0.1, -0.05) is 84.4 Å². The maximum absolute atomic E-state index is 6.70. The Hall–Kier alpha value is -4.22. The zero-order valence-electron chi connectivity index (χ0n) is 19.8. The summed E-state index contributed by atoms with van der Waals surface area (Å²) >= 11 is 6.70. The summed E-state index contributed by atoms with van der Waals surface area (Å²) in [7, 11) is 1.65. The summed E-state index contributed by atoms with van der Waals surface area (Å²) < 4.78 is 17.7. The van der Waals surface area contributed by atoms with Gasteiger partial charge in [-0.25, -0.2) is 0 Å². The number of ether oxygens (including phenoxy) is 3. The van der Waals surface area contributed by atoms with Crippen LogP contribution in [0.4, 0.5) is 0 Å². The molecule has 1 aromatic heterocycles. The topological polar surface area (TPSA) is 56.4 Å². The Morgan fingerprint density at radius 1 is 0.722 bits per heavy atom. The van der Waals surface area contributed by atoms with Gasteiger partial charge in [0.2, 0.25) is 0 Å². The molecule has 0 atom stereocenters. The van der Waals surface area contributed by atoms with Crippen LogP contribution in [0.5, 0.6) is 17.2 Å². The third-order valence-electron chi connectivity index (χ3n) is 5.80. The highest BCUT2D eigenvalue weighted by Crippen LogP contribution is 2.42. The zero-order valence-corrected chi connectivity index (χ0v) is 20.5. The van der Waals surface area contributed by atoms with Crippen molar-refractivity contribution in [2.75, 3.05) is 7.11 Å². The van der Waals surface area contributed by atoms with Gasteiger partial charge in [0.1, 0.15) is 36.2 Å². The number of nitrogens with zero attached hydrogens (tertiary/aromatic N) is 1. The van der Waals surface area contributed by atoms with E-state index >= 15 is 0 Å². The summed E-state index contributed by atoms with van der Waals surface area (Å²) in [5, 5.41) is 8.03. The highest BCUT2D eigenvalue weighted by Gasteiger charge is 2.19. The van der Waals surface area contributed by atoms with E-state index < -0.39 is 0 Å². The van der Waals surface area contributed by atoms with Crippen molar-refractivity contribution in [3.8, 4) is 39.6 Å². The number of benzene rings is 4. The number of rotatable bonds is 9. The molecule has 5 nitrogen and oxygen atoms in total. The quantitative estimate of drug-likeness (QED) is 0.229. The molecule has 180 valence electrons. The second-order valence-electron chi connectivity index (χ2n) is 8.20. The van der Waals surface area contributed by atoms with Crippen molar-refractivity contribution >= 4 is 11.6 Å². The van der Waals surface area contributed by atoms with E-state index in [1.807, 2.05) is 103 Å². The molecule has 6 heteroatoms. The van der Waals surface area contributed by atoms with Crippen molar-refractivity contribution in [3.63, 3.8) is 0 Å². The largest absolute Gasteiger partial charge is 0.497 e. The minimum absolute atomic E-state index is 0.399. The van der Waals surface area contributed by atoms with Crippen LogP contribution in [0.2, 0.25) is 5.02 Å². The standard InChI is InChI=1S/C30H25ClN2O3/c1-34-24-14-12-23(13-15-24)26-18-32-33-30(26)25-16-27(31)29(36-20-22-10-6-3-7-11-22)17-28(25)35-19-21-8-4-2-5-9-21/h2-18H,19-20H2,1H3,(H,32,33). The van der Waals surface area contributed by atoms with Crippen LogP contribution >= 0.6 is 11.6 Å². The van der Waals surface area contributed by atoms with Crippen molar-refractivity contribution in [2.45, 2.75) is 13.2 Å². The SMILES string of the molecule is COc1ccc(-c2c[nH]nc2-c2cc(Cl)c(OCc3ccccc3)cc2OCc2ccccc2)cc1. The highest BCUT2D eigenvalue weighted by atomic mass is 35.5. The van der Waals surface area contributed by atoms with Gasteiger partial charge in [0, 0.05) is 23.4 Å². The molecular weight excluding hydrogens is 472 g/mol. The minimum Gasteiger partial charge on any atom is -0.497 e. The third kappa shape index (κ3) is 5.37. The van der Waals surface area contributed by atoms with Gasteiger partial charge < -0.3 is 14.2 Å². The molecule has 0 saturated heterocycles. The van der Waals surface area contributed by atoms with Crippen molar-refractivity contribution in [2.24, 2.45) is 0 Å². The molecule has 0 radical (unpaired) electrons. The molecule has 0 amide bonds. The van der Waals surface area contributed by atoms with Gasteiger partial charge in [0.05, 0.1) is 12.1 Å². The number of hydrogen-bond acceptors (Lipinski definition) is 4. The first kappa shape index (κ1) is 23.5.